The molecule has 0 spiro atoms. The number of hydrazone groups is 1. The number of nitrogens with zero attached hydrogens (tertiary/aromatic N) is 3. The van der Waals surface area contributed by atoms with E-state index in [4.69, 9.17) is 14.3 Å². The Morgan fingerprint density at radius 3 is 2.73 bits per heavy atom. The van der Waals surface area contributed by atoms with E-state index in [0.29, 0.717) is 24.8 Å². The second-order valence-electron chi connectivity index (χ2n) is 5.97. The lowest BCUT2D eigenvalue weighted by Gasteiger charge is -2.23. The van der Waals surface area contributed by atoms with Crippen LogP contribution < -0.4 is 4.74 Å². The summed E-state index contributed by atoms with van der Waals surface area (Å²) in [5, 5.41) is 10.4. The van der Waals surface area contributed by atoms with Crippen LogP contribution in [0.25, 0.3) is 0 Å². The maximum Gasteiger partial charge on any atom is 0.261 e. The summed E-state index contributed by atoms with van der Waals surface area (Å²) in [6, 6.07) is 15.8. The fraction of sp³-hybridized carbons (Fsp3) is 0.300. The number of likely N-dealkylation sites (N-methyl/N-ethyl adjacent to an activating group) is 1. The Morgan fingerprint density at radius 1 is 1.19 bits per heavy atom. The maximum absolute atomic E-state index is 6.01. The molecule has 0 unspecified atom stereocenters. The van der Waals surface area contributed by atoms with Crippen molar-refractivity contribution >= 4 is 11.6 Å². The van der Waals surface area contributed by atoms with Crippen molar-refractivity contribution < 1.29 is 14.3 Å². The minimum absolute atomic E-state index is 0.410. The van der Waals surface area contributed by atoms with Gasteiger partial charge in [-0.05, 0) is 24.1 Å². The van der Waals surface area contributed by atoms with Crippen LogP contribution in [0.4, 0.5) is 0 Å². The zero-order valence-corrected chi connectivity index (χ0v) is 15.3. The van der Waals surface area contributed by atoms with Crippen LogP contribution in [0.5, 0.6) is 5.75 Å². The Kier molecular flexibility index (Phi) is 5.73. The third-order valence-corrected chi connectivity index (χ3v) is 4.05. The molecule has 0 atom stereocenters. The van der Waals surface area contributed by atoms with Gasteiger partial charge in [-0.2, -0.15) is 0 Å². The first-order valence-electron chi connectivity index (χ1n) is 8.50. The van der Waals surface area contributed by atoms with Gasteiger partial charge in [-0.1, -0.05) is 47.6 Å². The Balaban J connectivity index is 1.89. The normalized spacial score (nSPS) is 14.5. The summed E-state index contributed by atoms with van der Waals surface area (Å²) < 4.78 is 11.7. The van der Waals surface area contributed by atoms with Gasteiger partial charge in [0.1, 0.15) is 26.1 Å². The van der Waals surface area contributed by atoms with Crippen molar-refractivity contribution in [3.8, 4) is 5.75 Å². The SMILES string of the molecule is CO/N=C(/C1=NN(C)CCO1)c1ccccc1COc1ccccc1C. The van der Waals surface area contributed by atoms with E-state index < -0.39 is 0 Å². The number of benzene rings is 2. The number of para-hydroxylation sites is 1. The molecular weight excluding hydrogens is 330 g/mol. The maximum atomic E-state index is 6.01. The predicted molar refractivity (Wildman–Crippen MR) is 102 cm³/mol. The largest absolute Gasteiger partial charge is 0.489 e. The van der Waals surface area contributed by atoms with Gasteiger partial charge in [-0.3, -0.25) is 5.01 Å². The van der Waals surface area contributed by atoms with Crippen molar-refractivity contribution in [2.45, 2.75) is 13.5 Å². The van der Waals surface area contributed by atoms with E-state index in [2.05, 4.69) is 10.3 Å². The Morgan fingerprint density at radius 2 is 1.96 bits per heavy atom. The molecule has 0 aliphatic carbocycles. The molecule has 0 fully saturated rings. The van der Waals surface area contributed by atoms with E-state index in [-0.39, 0.29) is 0 Å². The van der Waals surface area contributed by atoms with E-state index in [1.54, 1.807) is 0 Å². The second-order valence-corrected chi connectivity index (χ2v) is 5.97. The van der Waals surface area contributed by atoms with E-state index in [0.717, 1.165) is 29.0 Å². The molecule has 136 valence electrons. The molecular formula is C20H23N3O3. The van der Waals surface area contributed by atoms with E-state index in [9.17, 15) is 0 Å². The smallest absolute Gasteiger partial charge is 0.261 e. The van der Waals surface area contributed by atoms with Crippen molar-refractivity contribution in [1.82, 2.24) is 5.01 Å². The van der Waals surface area contributed by atoms with Crippen molar-refractivity contribution in [2.75, 3.05) is 27.3 Å². The molecule has 0 radical (unpaired) electrons. The highest BCUT2D eigenvalue weighted by molar-refractivity contribution is 6.45. The number of hydrogen-bond donors (Lipinski definition) is 0. The minimum Gasteiger partial charge on any atom is -0.489 e. The van der Waals surface area contributed by atoms with Gasteiger partial charge < -0.3 is 14.3 Å². The quantitative estimate of drug-likeness (QED) is 0.591. The number of ether oxygens (including phenoxy) is 2. The number of oxime groups is 1. The monoisotopic (exact) mass is 353 g/mol. The van der Waals surface area contributed by atoms with E-state index in [1.165, 1.54) is 7.11 Å². The van der Waals surface area contributed by atoms with Gasteiger partial charge in [0.2, 0.25) is 0 Å². The summed E-state index contributed by atoms with van der Waals surface area (Å²) in [5.74, 6) is 1.31. The van der Waals surface area contributed by atoms with Crippen LogP contribution in [0.3, 0.4) is 0 Å². The number of hydrogen-bond acceptors (Lipinski definition) is 6. The molecule has 0 aromatic heterocycles. The van der Waals surface area contributed by atoms with Gasteiger partial charge >= 0.3 is 0 Å². The molecule has 0 amide bonds. The predicted octanol–water partition coefficient (Wildman–Crippen LogP) is 3.20. The molecule has 3 rings (SSSR count). The van der Waals surface area contributed by atoms with Crippen LogP contribution >= 0.6 is 0 Å². The highest BCUT2D eigenvalue weighted by Gasteiger charge is 2.22. The standard InChI is InChI=1S/C20H23N3O3/c1-15-8-4-7-11-18(15)26-14-16-9-5-6-10-17(16)19(22-24-3)20-21-23(2)12-13-25-20/h4-11H,12-14H2,1-3H3/b22-19+. The van der Waals surface area contributed by atoms with Gasteiger partial charge in [-0.25, -0.2) is 0 Å². The van der Waals surface area contributed by atoms with Crippen molar-refractivity contribution in [1.29, 1.82) is 0 Å². The average molecular weight is 353 g/mol. The summed E-state index contributed by atoms with van der Waals surface area (Å²) >= 11 is 0. The van der Waals surface area contributed by atoms with Gasteiger partial charge in [0.25, 0.3) is 5.90 Å². The molecule has 0 bridgehead atoms. The first kappa shape index (κ1) is 17.8. The van der Waals surface area contributed by atoms with Gasteiger partial charge in [-0.15, -0.1) is 5.10 Å². The molecule has 26 heavy (non-hydrogen) atoms. The van der Waals surface area contributed by atoms with E-state index in [1.807, 2.05) is 67.5 Å². The summed E-state index contributed by atoms with van der Waals surface area (Å²) in [6.45, 7) is 3.73. The average Bonchev–Trinajstić information content (AvgIpc) is 2.66. The molecule has 6 heteroatoms. The Hall–Kier alpha value is -3.02. The molecule has 1 heterocycles. The van der Waals surface area contributed by atoms with Gasteiger partial charge in [0.15, 0.2) is 5.71 Å². The fourth-order valence-corrected chi connectivity index (χ4v) is 2.67. The van der Waals surface area contributed by atoms with Crippen LogP contribution in [0.2, 0.25) is 0 Å². The van der Waals surface area contributed by atoms with Crippen LogP contribution in [0, 0.1) is 6.92 Å². The van der Waals surface area contributed by atoms with E-state index >= 15 is 0 Å². The second kappa shape index (κ2) is 8.38. The Bertz CT molecular complexity index is 817. The molecule has 0 N–H and O–H groups in total. The third kappa shape index (κ3) is 4.14. The highest BCUT2D eigenvalue weighted by Crippen LogP contribution is 2.20. The lowest BCUT2D eigenvalue weighted by Crippen LogP contribution is -2.33. The molecule has 0 saturated carbocycles. The highest BCUT2D eigenvalue weighted by atomic mass is 16.6. The van der Waals surface area contributed by atoms with Crippen LogP contribution in [0.15, 0.2) is 58.8 Å². The van der Waals surface area contributed by atoms with Crippen LogP contribution in [-0.4, -0.2) is 43.9 Å². The third-order valence-electron chi connectivity index (χ3n) is 4.05. The summed E-state index contributed by atoms with van der Waals surface area (Å²) in [4.78, 5) is 5.05. The summed E-state index contributed by atoms with van der Waals surface area (Å²) in [7, 11) is 3.42. The number of rotatable bonds is 6. The molecule has 6 nitrogen and oxygen atoms in total. The number of aryl methyl sites for hydroxylation is 1. The first-order valence-corrected chi connectivity index (χ1v) is 8.50. The lowest BCUT2D eigenvalue weighted by atomic mass is 10.0. The molecule has 2 aromatic rings. The van der Waals surface area contributed by atoms with Crippen molar-refractivity contribution in [3.05, 3.63) is 65.2 Å². The van der Waals surface area contributed by atoms with Gasteiger partial charge in [0, 0.05) is 12.6 Å². The van der Waals surface area contributed by atoms with Crippen LogP contribution in [0.1, 0.15) is 16.7 Å². The van der Waals surface area contributed by atoms with Crippen LogP contribution in [-0.2, 0) is 16.2 Å². The minimum atomic E-state index is 0.410. The zero-order valence-electron chi connectivity index (χ0n) is 15.3. The topological polar surface area (TPSA) is 55.7 Å². The lowest BCUT2D eigenvalue weighted by molar-refractivity contribution is 0.190. The summed E-state index contributed by atoms with van der Waals surface area (Å²) in [6.07, 6.45) is 0. The molecule has 2 aromatic carbocycles. The zero-order chi connectivity index (χ0) is 18.4. The molecule has 1 aliphatic rings. The first-order chi connectivity index (χ1) is 12.7. The van der Waals surface area contributed by atoms with Crippen molar-refractivity contribution in [2.24, 2.45) is 10.3 Å². The Labute approximate surface area is 153 Å². The van der Waals surface area contributed by atoms with Crippen molar-refractivity contribution in [3.63, 3.8) is 0 Å². The van der Waals surface area contributed by atoms with Gasteiger partial charge in [0.05, 0.1) is 6.54 Å². The summed E-state index contributed by atoms with van der Waals surface area (Å²) in [5.41, 5.74) is 3.50. The molecule has 1 aliphatic heterocycles. The molecule has 0 saturated heterocycles. The fourth-order valence-electron chi connectivity index (χ4n) is 2.67.